The minimum absolute atomic E-state index is 0.144. The van der Waals surface area contributed by atoms with E-state index < -0.39 is 5.41 Å². The number of aromatic nitrogens is 1. The van der Waals surface area contributed by atoms with Crippen LogP contribution in [0, 0.1) is 19.7 Å². The molecule has 0 radical (unpaired) electrons. The number of allylic oxidation sites excluding steroid dienone is 3. The number of Topliss-reactive ketones (excluding diaryl/α,β-unsaturated/α-hetero) is 1. The van der Waals surface area contributed by atoms with Gasteiger partial charge in [0.2, 0.25) is 0 Å². The quantitative estimate of drug-likeness (QED) is 0.746. The number of anilines is 1. The number of halogens is 1. The first-order chi connectivity index (χ1) is 12.8. The Morgan fingerprint density at radius 2 is 2.00 bits per heavy atom. The van der Waals surface area contributed by atoms with Crippen molar-refractivity contribution in [2.24, 2.45) is 0 Å². The van der Waals surface area contributed by atoms with Gasteiger partial charge in [-0.3, -0.25) is 4.79 Å². The van der Waals surface area contributed by atoms with E-state index in [0.29, 0.717) is 18.7 Å². The number of hydrogen-bond acceptors (Lipinski definition) is 3. The van der Waals surface area contributed by atoms with Gasteiger partial charge in [-0.25, -0.2) is 9.37 Å². The van der Waals surface area contributed by atoms with Crippen LogP contribution in [0.2, 0.25) is 0 Å². The summed E-state index contributed by atoms with van der Waals surface area (Å²) in [6.07, 6.45) is 4.21. The first-order valence-corrected chi connectivity index (χ1v) is 9.07. The molecule has 0 saturated heterocycles. The molecule has 1 aliphatic rings. The maximum atomic E-state index is 13.2. The number of pyridine rings is 1. The van der Waals surface area contributed by atoms with Gasteiger partial charge in [0.1, 0.15) is 17.4 Å². The van der Waals surface area contributed by atoms with E-state index in [9.17, 15) is 9.18 Å². The summed E-state index contributed by atoms with van der Waals surface area (Å²) in [4.78, 5) is 19.0. The van der Waals surface area contributed by atoms with E-state index in [0.717, 1.165) is 22.4 Å². The highest BCUT2D eigenvalue weighted by atomic mass is 19.1. The summed E-state index contributed by atoms with van der Waals surface area (Å²) in [5, 5.41) is 0. The maximum absolute atomic E-state index is 13.2. The molecule has 1 heterocycles. The SMILES string of the molecule is C=CC1=C(N(C)c2ccc(F)cn2)C[C@](C(C)=O)(c2cccc(C)c2C)C1. The fraction of sp³-hybridized carbons (Fsp3) is 0.304. The van der Waals surface area contributed by atoms with E-state index in [4.69, 9.17) is 0 Å². The van der Waals surface area contributed by atoms with Crippen molar-refractivity contribution in [3.05, 3.63) is 83.0 Å². The third-order valence-corrected chi connectivity index (χ3v) is 5.83. The van der Waals surface area contributed by atoms with Gasteiger partial charge in [0, 0.05) is 19.2 Å². The van der Waals surface area contributed by atoms with Gasteiger partial charge >= 0.3 is 0 Å². The predicted octanol–water partition coefficient (Wildman–Crippen LogP) is 5.03. The molecular formula is C23H25FN2O. The highest BCUT2D eigenvalue weighted by molar-refractivity contribution is 5.90. The van der Waals surface area contributed by atoms with Crippen LogP contribution in [0.5, 0.6) is 0 Å². The third-order valence-electron chi connectivity index (χ3n) is 5.83. The lowest BCUT2D eigenvalue weighted by molar-refractivity contribution is -0.122. The second-order valence-corrected chi connectivity index (χ2v) is 7.31. The number of ketones is 1. The minimum atomic E-state index is -0.608. The van der Waals surface area contributed by atoms with Gasteiger partial charge in [0.05, 0.1) is 11.6 Å². The Labute approximate surface area is 160 Å². The largest absolute Gasteiger partial charge is 0.333 e. The Morgan fingerprint density at radius 3 is 2.59 bits per heavy atom. The monoisotopic (exact) mass is 364 g/mol. The molecule has 1 aromatic heterocycles. The Hall–Kier alpha value is -2.75. The molecule has 0 aliphatic heterocycles. The lowest BCUT2D eigenvalue weighted by atomic mass is 9.72. The summed E-state index contributed by atoms with van der Waals surface area (Å²) >= 11 is 0. The smallest absolute Gasteiger partial charge is 0.141 e. The second kappa shape index (κ2) is 7.10. The average Bonchev–Trinajstić information content (AvgIpc) is 3.05. The Morgan fingerprint density at radius 1 is 1.26 bits per heavy atom. The molecule has 27 heavy (non-hydrogen) atoms. The maximum Gasteiger partial charge on any atom is 0.141 e. The van der Waals surface area contributed by atoms with Crippen LogP contribution < -0.4 is 4.90 Å². The van der Waals surface area contributed by atoms with E-state index >= 15 is 0 Å². The van der Waals surface area contributed by atoms with Crippen LogP contribution in [-0.4, -0.2) is 17.8 Å². The molecule has 140 valence electrons. The normalized spacial score (nSPS) is 19.3. The van der Waals surface area contributed by atoms with Crippen LogP contribution in [0.3, 0.4) is 0 Å². The van der Waals surface area contributed by atoms with Crippen molar-refractivity contribution in [2.45, 2.75) is 39.0 Å². The highest BCUT2D eigenvalue weighted by Gasteiger charge is 2.45. The van der Waals surface area contributed by atoms with Crippen molar-refractivity contribution >= 4 is 11.6 Å². The van der Waals surface area contributed by atoms with Crippen LogP contribution in [0.15, 0.2) is 60.5 Å². The lowest BCUT2D eigenvalue weighted by Crippen LogP contribution is -2.34. The Bertz CT molecular complexity index is 930. The van der Waals surface area contributed by atoms with E-state index in [2.05, 4.69) is 37.5 Å². The van der Waals surface area contributed by atoms with E-state index in [1.165, 1.54) is 17.8 Å². The van der Waals surface area contributed by atoms with Gasteiger partial charge in [0.25, 0.3) is 0 Å². The number of benzene rings is 1. The Balaban J connectivity index is 2.07. The van der Waals surface area contributed by atoms with Gasteiger partial charge in [-0.15, -0.1) is 0 Å². The van der Waals surface area contributed by atoms with Crippen molar-refractivity contribution in [2.75, 3.05) is 11.9 Å². The van der Waals surface area contributed by atoms with Crippen LogP contribution >= 0.6 is 0 Å². The van der Waals surface area contributed by atoms with Crippen LogP contribution in [0.25, 0.3) is 0 Å². The fourth-order valence-corrected chi connectivity index (χ4v) is 4.02. The van der Waals surface area contributed by atoms with E-state index in [-0.39, 0.29) is 11.6 Å². The predicted molar refractivity (Wildman–Crippen MR) is 107 cm³/mol. The van der Waals surface area contributed by atoms with Crippen LogP contribution in [0.1, 0.15) is 36.5 Å². The molecule has 0 fully saturated rings. The number of hydrogen-bond donors (Lipinski definition) is 0. The zero-order valence-electron chi connectivity index (χ0n) is 16.3. The van der Waals surface area contributed by atoms with Gasteiger partial charge in [-0.05, 0) is 61.6 Å². The van der Waals surface area contributed by atoms with Gasteiger partial charge in [0.15, 0.2) is 0 Å². The molecule has 2 aromatic rings. The van der Waals surface area contributed by atoms with Gasteiger partial charge in [-0.1, -0.05) is 30.9 Å². The molecule has 0 amide bonds. The van der Waals surface area contributed by atoms with Crippen molar-refractivity contribution in [1.29, 1.82) is 0 Å². The summed E-state index contributed by atoms with van der Waals surface area (Å²) in [5.74, 6) is 0.419. The van der Waals surface area contributed by atoms with Crippen LogP contribution in [-0.2, 0) is 10.2 Å². The summed E-state index contributed by atoms with van der Waals surface area (Å²) in [6, 6.07) is 9.18. The Kier molecular flexibility index (Phi) is 5.01. The van der Waals surface area contributed by atoms with E-state index in [1.807, 2.05) is 24.1 Å². The standard InChI is InChI=1S/C23H25FN2O/c1-6-18-12-23(17(4)27,20-9-7-8-15(2)16(20)3)13-21(18)26(5)22-11-10-19(24)14-25-22/h6-11,14H,1,12-13H2,2-5H3/t23-/m1/s1. The third kappa shape index (κ3) is 3.20. The number of carbonyl (C=O) groups excluding carboxylic acids is 1. The zero-order chi connectivity index (χ0) is 19.8. The van der Waals surface area contributed by atoms with Gasteiger partial charge in [-0.2, -0.15) is 0 Å². The molecule has 3 rings (SSSR count). The molecule has 3 nitrogen and oxygen atoms in total. The molecule has 1 aliphatic carbocycles. The summed E-state index contributed by atoms with van der Waals surface area (Å²) in [7, 11) is 1.90. The molecule has 0 saturated carbocycles. The topological polar surface area (TPSA) is 33.2 Å². The summed E-state index contributed by atoms with van der Waals surface area (Å²) in [6.45, 7) is 9.78. The minimum Gasteiger partial charge on any atom is -0.333 e. The summed E-state index contributed by atoms with van der Waals surface area (Å²) in [5.41, 5.74) is 4.82. The molecule has 1 aromatic carbocycles. The zero-order valence-corrected chi connectivity index (χ0v) is 16.3. The molecule has 0 N–H and O–H groups in total. The molecule has 0 unspecified atom stereocenters. The van der Waals surface area contributed by atoms with Crippen molar-refractivity contribution in [3.63, 3.8) is 0 Å². The lowest BCUT2D eigenvalue weighted by Gasteiger charge is -2.31. The first-order valence-electron chi connectivity index (χ1n) is 9.07. The molecule has 1 atom stereocenters. The van der Waals surface area contributed by atoms with Gasteiger partial charge < -0.3 is 4.90 Å². The van der Waals surface area contributed by atoms with Crippen LogP contribution in [0.4, 0.5) is 10.2 Å². The molecular weight excluding hydrogens is 339 g/mol. The molecule has 4 heteroatoms. The molecule has 0 spiro atoms. The first kappa shape index (κ1) is 19.0. The van der Waals surface area contributed by atoms with Crippen molar-refractivity contribution in [3.8, 4) is 0 Å². The second-order valence-electron chi connectivity index (χ2n) is 7.31. The summed E-state index contributed by atoms with van der Waals surface area (Å²) < 4.78 is 13.2. The number of carbonyl (C=O) groups is 1. The number of nitrogens with zero attached hydrogens (tertiary/aromatic N) is 2. The van der Waals surface area contributed by atoms with Crippen molar-refractivity contribution < 1.29 is 9.18 Å². The average molecular weight is 364 g/mol. The molecule has 0 bridgehead atoms. The number of rotatable bonds is 5. The number of aryl methyl sites for hydroxylation is 1. The van der Waals surface area contributed by atoms with Crippen molar-refractivity contribution in [1.82, 2.24) is 4.98 Å². The fourth-order valence-electron chi connectivity index (χ4n) is 4.02. The highest BCUT2D eigenvalue weighted by Crippen LogP contribution is 2.48. The van der Waals surface area contributed by atoms with E-state index in [1.54, 1.807) is 13.0 Å².